The number of hydrogen-bond acceptors (Lipinski definition) is 6. The summed E-state index contributed by atoms with van der Waals surface area (Å²) >= 11 is 0. The van der Waals surface area contributed by atoms with E-state index in [-0.39, 0.29) is 6.54 Å². The van der Waals surface area contributed by atoms with Gasteiger partial charge in [-0.25, -0.2) is 0 Å². The van der Waals surface area contributed by atoms with E-state index in [9.17, 15) is 9.59 Å². The Hall–Kier alpha value is -3.73. The van der Waals surface area contributed by atoms with Crippen LogP contribution in [0.3, 0.4) is 0 Å². The number of ether oxygens (including phenoxy) is 2. The van der Waals surface area contributed by atoms with Gasteiger partial charge in [-0.3, -0.25) is 20.4 Å². The van der Waals surface area contributed by atoms with Gasteiger partial charge in [0.1, 0.15) is 0 Å². The third-order valence-electron chi connectivity index (χ3n) is 3.51. The van der Waals surface area contributed by atoms with E-state index in [2.05, 4.69) is 16.2 Å². The number of carbonyl (C=O) groups excluding carboxylic acids is 2. The molecule has 0 aliphatic rings. The smallest absolute Gasteiger partial charge is 0.269 e. The molecule has 0 atom stereocenters. The first-order chi connectivity index (χ1) is 13.1. The Labute approximate surface area is 157 Å². The van der Waals surface area contributed by atoms with Gasteiger partial charge < -0.3 is 14.8 Å². The molecule has 0 fully saturated rings. The molecule has 0 aliphatic carbocycles. The monoisotopic (exact) mass is 368 g/mol. The lowest BCUT2D eigenvalue weighted by Gasteiger charge is -2.12. The molecule has 0 unspecified atom stereocenters. The van der Waals surface area contributed by atoms with Gasteiger partial charge in [-0.05, 0) is 49.4 Å². The Balaban J connectivity index is 1.85. The molecule has 27 heavy (non-hydrogen) atoms. The summed E-state index contributed by atoms with van der Waals surface area (Å²) in [5.41, 5.74) is 6.20. The number of benzene rings is 2. The van der Waals surface area contributed by atoms with E-state index >= 15 is 0 Å². The number of anilines is 1. The van der Waals surface area contributed by atoms with Crippen LogP contribution in [0.15, 0.2) is 42.5 Å². The van der Waals surface area contributed by atoms with Crippen LogP contribution < -0.4 is 25.6 Å². The van der Waals surface area contributed by atoms with E-state index < -0.39 is 11.8 Å². The van der Waals surface area contributed by atoms with Crippen molar-refractivity contribution in [2.24, 2.45) is 0 Å². The maximum Gasteiger partial charge on any atom is 0.269 e. The minimum Gasteiger partial charge on any atom is -0.493 e. The molecule has 3 N–H and O–H groups in total. The number of amides is 2. The number of nitrogens with one attached hydrogen (secondary N) is 3. The number of methoxy groups -OCH3 is 1. The largest absolute Gasteiger partial charge is 0.493 e. The van der Waals surface area contributed by atoms with Crippen molar-refractivity contribution >= 4 is 17.5 Å². The number of nitrogens with zero attached hydrogens (tertiary/aromatic N) is 1. The fraction of sp³-hybridized carbons (Fsp3) is 0.211. The summed E-state index contributed by atoms with van der Waals surface area (Å²) in [7, 11) is 1.48. The lowest BCUT2D eigenvalue weighted by molar-refractivity contribution is -0.120. The van der Waals surface area contributed by atoms with Crippen LogP contribution in [-0.2, 0) is 4.79 Å². The normalized spacial score (nSPS) is 9.67. The molecule has 0 saturated carbocycles. The third kappa shape index (κ3) is 5.64. The van der Waals surface area contributed by atoms with Gasteiger partial charge in [0, 0.05) is 11.3 Å². The van der Waals surface area contributed by atoms with Crippen LogP contribution >= 0.6 is 0 Å². The summed E-state index contributed by atoms with van der Waals surface area (Å²) in [5.74, 6) is 0.0548. The zero-order valence-corrected chi connectivity index (χ0v) is 15.0. The fourth-order valence-corrected chi connectivity index (χ4v) is 2.17. The Morgan fingerprint density at radius 1 is 1.07 bits per heavy atom. The summed E-state index contributed by atoms with van der Waals surface area (Å²) < 4.78 is 10.6. The van der Waals surface area contributed by atoms with Gasteiger partial charge in [0.05, 0.1) is 31.9 Å². The molecule has 140 valence electrons. The van der Waals surface area contributed by atoms with E-state index in [1.165, 1.54) is 13.2 Å². The van der Waals surface area contributed by atoms with Crippen molar-refractivity contribution in [3.05, 3.63) is 53.6 Å². The number of hydrazine groups is 1. The predicted octanol–water partition coefficient (Wildman–Crippen LogP) is 1.84. The maximum absolute atomic E-state index is 12.2. The Bertz CT molecular complexity index is 844. The van der Waals surface area contributed by atoms with Crippen molar-refractivity contribution in [2.45, 2.75) is 6.92 Å². The highest BCUT2D eigenvalue weighted by atomic mass is 16.5. The number of hydrogen-bond donors (Lipinski definition) is 3. The minimum absolute atomic E-state index is 0.0429. The van der Waals surface area contributed by atoms with Crippen LogP contribution in [0.2, 0.25) is 0 Å². The van der Waals surface area contributed by atoms with Gasteiger partial charge in [-0.1, -0.05) is 0 Å². The molecule has 2 aromatic rings. The van der Waals surface area contributed by atoms with E-state index in [1.54, 1.807) is 36.4 Å². The van der Waals surface area contributed by atoms with Crippen LogP contribution in [-0.4, -0.2) is 32.1 Å². The molecule has 2 rings (SSSR count). The van der Waals surface area contributed by atoms with Crippen LogP contribution in [0.25, 0.3) is 0 Å². The number of nitriles is 1. The first-order valence-corrected chi connectivity index (χ1v) is 8.21. The molecule has 0 aliphatic heterocycles. The summed E-state index contributed by atoms with van der Waals surface area (Å²) in [6.45, 7) is 2.28. The van der Waals surface area contributed by atoms with E-state index in [0.29, 0.717) is 34.9 Å². The molecule has 8 nitrogen and oxygen atoms in total. The minimum atomic E-state index is -0.483. The standard InChI is InChI=1S/C19H20N4O4/c1-3-27-16-9-6-14(10-17(16)26-2)19(25)23-22-18(24)12-21-15-7-4-13(11-20)5-8-15/h4-10,21H,3,12H2,1-2H3,(H,22,24)(H,23,25). The van der Waals surface area contributed by atoms with Crippen molar-refractivity contribution in [1.29, 1.82) is 5.26 Å². The van der Waals surface area contributed by atoms with Crippen LogP contribution in [0, 0.1) is 11.3 Å². The highest BCUT2D eigenvalue weighted by Gasteiger charge is 2.12. The lowest BCUT2D eigenvalue weighted by atomic mass is 10.2. The SMILES string of the molecule is CCOc1ccc(C(=O)NNC(=O)CNc2ccc(C#N)cc2)cc1OC. The van der Waals surface area contributed by atoms with E-state index in [1.807, 2.05) is 13.0 Å². The van der Waals surface area contributed by atoms with Gasteiger partial charge in [-0.15, -0.1) is 0 Å². The van der Waals surface area contributed by atoms with Crippen molar-refractivity contribution in [3.63, 3.8) is 0 Å². The molecule has 2 amide bonds. The molecular weight excluding hydrogens is 348 g/mol. The van der Waals surface area contributed by atoms with Gasteiger partial charge in [0.25, 0.3) is 11.8 Å². The summed E-state index contributed by atoms with van der Waals surface area (Å²) in [5, 5.41) is 11.6. The van der Waals surface area contributed by atoms with Crippen molar-refractivity contribution in [2.75, 3.05) is 25.6 Å². The molecule has 0 spiro atoms. The van der Waals surface area contributed by atoms with Crippen molar-refractivity contribution < 1.29 is 19.1 Å². The molecule has 0 saturated heterocycles. The van der Waals surface area contributed by atoms with Crippen LogP contribution in [0.1, 0.15) is 22.8 Å². The van der Waals surface area contributed by atoms with Crippen molar-refractivity contribution in [3.8, 4) is 17.6 Å². The zero-order chi connectivity index (χ0) is 19.6. The molecule has 2 aromatic carbocycles. The predicted molar refractivity (Wildman–Crippen MR) is 99.4 cm³/mol. The van der Waals surface area contributed by atoms with Gasteiger partial charge in [0.2, 0.25) is 0 Å². The second-order valence-corrected chi connectivity index (χ2v) is 5.34. The molecule has 8 heteroatoms. The summed E-state index contributed by atoms with van der Waals surface area (Å²) in [4.78, 5) is 24.0. The number of rotatable bonds is 7. The topological polar surface area (TPSA) is 112 Å². The van der Waals surface area contributed by atoms with Gasteiger partial charge >= 0.3 is 0 Å². The third-order valence-corrected chi connectivity index (χ3v) is 3.51. The van der Waals surface area contributed by atoms with E-state index in [0.717, 1.165) is 0 Å². The second-order valence-electron chi connectivity index (χ2n) is 5.34. The quantitative estimate of drug-likeness (QED) is 0.643. The Morgan fingerprint density at radius 3 is 2.44 bits per heavy atom. The van der Waals surface area contributed by atoms with Crippen LogP contribution in [0.5, 0.6) is 11.5 Å². The Morgan fingerprint density at radius 2 is 1.81 bits per heavy atom. The molecule has 0 aromatic heterocycles. The highest BCUT2D eigenvalue weighted by molar-refractivity contribution is 5.96. The zero-order valence-electron chi connectivity index (χ0n) is 15.0. The summed E-state index contributed by atoms with van der Waals surface area (Å²) in [6, 6.07) is 13.4. The fourth-order valence-electron chi connectivity index (χ4n) is 2.17. The molecule has 0 bridgehead atoms. The average molecular weight is 368 g/mol. The Kier molecular flexibility index (Phi) is 7.02. The number of carbonyl (C=O) groups is 2. The van der Waals surface area contributed by atoms with Gasteiger partial charge in [0.15, 0.2) is 11.5 Å². The average Bonchev–Trinajstić information content (AvgIpc) is 2.71. The molecular formula is C19H20N4O4. The lowest BCUT2D eigenvalue weighted by Crippen LogP contribution is -2.44. The second kappa shape index (κ2) is 9.68. The van der Waals surface area contributed by atoms with E-state index in [4.69, 9.17) is 14.7 Å². The van der Waals surface area contributed by atoms with Gasteiger partial charge in [-0.2, -0.15) is 5.26 Å². The van der Waals surface area contributed by atoms with Crippen molar-refractivity contribution in [1.82, 2.24) is 10.9 Å². The highest BCUT2D eigenvalue weighted by Crippen LogP contribution is 2.27. The van der Waals surface area contributed by atoms with Crippen LogP contribution in [0.4, 0.5) is 5.69 Å². The summed E-state index contributed by atoms with van der Waals surface area (Å²) in [6.07, 6.45) is 0. The molecule has 0 radical (unpaired) electrons. The first-order valence-electron chi connectivity index (χ1n) is 8.21. The molecule has 0 heterocycles. The maximum atomic E-state index is 12.2. The first kappa shape index (κ1) is 19.6.